The van der Waals surface area contributed by atoms with E-state index >= 15 is 0 Å². The second-order valence-electron chi connectivity index (χ2n) is 6.03. The van der Waals surface area contributed by atoms with Crippen LogP contribution in [0, 0.1) is 6.92 Å². The van der Waals surface area contributed by atoms with Gasteiger partial charge in [-0.1, -0.05) is 60.7 Å². The van der Waals surface area contributed by atoms with Crippen molar-refractivity contribution in [3.05, 3.63) is 82.7 Å². The Morgan fingerprint density at radius 3 is 2.52 bits per heavy atom. The Balaban J connectivity index is 1.51. The van der Waals surface area contributed by atoms with Crippen LogP contribution in [0.2, 0.25) is 0 Å². The van der Waals surface area contributed by atoms with E-state index in [9.17, 15) is 4.79 Å². The lowest BCUT2D eigenvalue weighted by molar-refractivity contribution is 0.0954. The van der Waals surface area contributed by atoms with Crippen LogP contribution in [0.15, 0.2) is 66.7 Å². The van der Waals surface area contributed by atoms with Crippen molar-refractivity contribution < 1.29 is 4.79 Å². The molecule has 0 aliphatic heterocycles. The van der Waals surface area contributed by atoms with Crippen molar-refractivity contribution in [2.45, 2.75) is 13.5 Å². The second kappa shape index (κ2) is 7.51. The lowest BCUT2D eigenvalue weighted by Gasteiger charge is -2.04. The molecule has 2 aromatic heterocycles. The molecule has 6 nitrogen and oxygen atoms in total. The number of nitrogens with one attached hydrogen (secondary N) is 1. The Morgan fingerprint density at radius 1 is 1.07 bits per heavy atom. The van der Waals surface area contributed by atoms with Gasteiger partial charge in [-0.25, -0.2) is 0 Å². The van der Waals surface area contributed by atoms with E-state index in [1.165, 1.54) is 16.1 Å². The average molecular weight is 375 g/mol. The molecule has 2 aromatic carbocycles. The molecule has 0 fully saturated rings. The maximum Gasteiger partial charge on any atom is 0.261 e. The fourth-order valence-corrected chi connectivity index (χ4v) is 3.65. The van der Waals surface area contributed by atoms with Gasteiger partial charge in [-0.05, 0) is 29.3 Å². The van der Waals surface area contributed by atoms with Crippen LogP contribution in [0.3, 0.4) is 0 Å². The molecule has 0 unspecified atom stereocenters. The van der Waals surface area contributed by atoms with E-state index in [1.54, 1.807) is 0 Å². The van der Waals surface area contributed by atoms with E-state index < -0.39 is 0 Å². The molecular formula is C20H17N5OS. The van der Waals surface area contributed by atoms with E-state index in [-0.39, 0.29) is 5.91 Å². The summed E-state index contributed by atoms with van der Waals surface area (Å²) >= 11 is 1.35. The van der Waals surface area contributed by atoms with Crippen LogP contribution < -0.4 is 5.32 Å². The van der Waals surface area contributed by atoms with E-state index in [0.29, 0.717) is 17.2 Å². The quantitative estimate of drug-likeness (QED) is 0.578. The van der Waals surface area contributed by atoms with Crippen LogP contribution >= 0.6 is 11.3 Å². The molecule has 0 spiro atoms. The van der Waals surface area contributed by atoms with Crippen LogP contribution in [-0.2, 0) is 6.54 Å². The summed E-state index contributed by atoms with van der Waals surface area (Å²) in [7, 11) is 0. The van der Waals surface area contributed by atoms with Crippen molar-refractivity contribution >= 4 is 17.2 Å². The number of amides is 1. The Labute approximate surface area is 160 Å². The van der Waals surface area contributed by atoms with Crippen LogP contribution in [0.1, 0.15) is 20.8 Å². The Morgan fingerprint density at radius 2 is 1.78 bits per heavy atom. The summed E-state index contributed by atoms with van der Waals surface area (Å²) in [4.78, 5) is 14.7. The summed E-state index contributed by atoms with van der Waals surface area (Å²) < 4.78 is 0. The molecule has 2 heterocycles. The zero-order chi connectivity index (χ0) is 18.6. The molecule has 1 N–H and O–H groups in total. The number of carbonyl (C=O) groups is 1. The number of hydrogen-bond donors (Lipinski definition) is 1. The molecule has 4 aromatic rings. The average Bonchev–Trinajstić information content (AvgIpc) is 3.35. The summed E-state index contributed by atoms with van der Waals surface area (Å²) in [5.74, 6) is 0.452. The number of nitrogens with zero attached hydrogens (tertiary/aromatic N) is 4. The molecule has 0 aliphatic rings. The first-order valence-corrected chi connectivity index (χ1v) is 9.31. The first-order valence-electron chi connectivity index (χ1n) is 8.49. The summed E-state index contributed by atoms with van der Waals surface area (Å²) in [6.07, 6.45) is 0. The molecule has 4 rings (SSSR count). The van der Waals surface area contributed by atoms with Gasteiger partial charge in [0.15, 0.2) is 0 Å². The lowest BCUT2D eigenvalue weighted by atomic mass is 10.2. The molecule has 134 valence electrons. The van der Waals surface area contributed by atoms with E-state index in [1.807, 2.05) is 73.7 Å². The third kappa shape index (κ3) is 3.78. The molecule has 0 atom stereocenters. The highest BCUT2D eigenvalue weighted by atomic mass is 32.1. The van der Waals surface area contributed by atoms with Gasteiger partial charge in [0.05, 0.1) is 4.88 Å². The summed E-state index contributed by atoms with van der Waals surface area (Å²) in [5.41, 5.74) is 2.85. The Kier molecular flexibility index (Phi) is 4.76. The van der Waals surface area contributed by atoms with Crippen LogP contribution in [0.25, 0.3) is 16.4 Å². The normalized spacial score (nSPS) is 10.7. The van der Waals surface area contributed by atoms with Crippen molar-refractivity contribution in [2.75, 3.05) is 0 Å². The van der Waals surface area contributed by atoms with Crippen molar-refractivity contribution in [1.82, 2.24) is 25.5 Å². The smallest absolute Gasteiger partial charge is 0.261 e. The first kappa shape index (κ1) is 17.1. The minimum Gasteiger partial charge on any atom is -0.347 e. The maximum absolute atomic E-state index is 12.5. The minimum absolute atomic E-state index is 0.101. The van der Waals surface area contributed by atoms with Crippen molar-refractivity contribution in [1.29, 1.82) is 0 Å². The number of carbonyl (C=O) groups excluding carboxylic acids is 1. The fraction of sp³-hybridized carbons (Fsp3) is 0.100. The van der Waals surface area contributed by atoms with Crippen molar-refractivity contribution in [3.63, 3.8) is 0 Å². The second-order valence-corrected chi connectivity index (χ2v) is 7.06. The highest BCUT2D eigenvalue weighted by Gasteiger charge is 2.16. The number of thiophene rings is 1. The monoisotopic (exact) mass is 375 g/mol. The van der Waals surface area contributed by atoms with Crippen molar-refractivity contribution in [2.24, 2.45) is 0 Å². The molecule has 7 heteroatoms. The van der Waals surface area contributed by atoms with Gasteiger partial charge in [0.2, 0.25) is 5.82 Å². The predicted octanol–water partition coefficient (Wildman–Crippen LogP) is 3.63. The van der Waals surface area contributed by atoms with Crippen LogP contribution in [0.4, 0.5) is 0 Å². The molecule has 0 aliphatic carbocycles. The number of tetrazole rings is 1. The van der Waals surface area contributed by atoms with Gasteiger partial charge in [-0.15, -0.1) is 26.3 Å². The number of rotatable bonds is 5. The Bertz CT molecular complexity index is 1060. The van der Waals surface area contributed by atoms with Gasteiger partial charge >= 0.3 is 0 Å². The molecular weight excluding hydrogens is 358 g/mol. The fourth-order valence-electron chi connectivity index (χ4n) is 2.66. The maximum atomic E-state index is 12.5. The SMILES string of the molecule is Cc1cc(-n2nnc(-c3ccccc3)n2)sc1C(=O)NCc1ccccc1. The highest BCUT2D eigenvalue weighted by molar-refractivity contribution is 7.16. The highest BCUT2D eigenvalue weighted by Crippen LogP contribution is 2.25. The summed E-state index contributed by atoms with van der Waals surface area (Å²) in [5, 5.41) is 16.4. The predicted molar refractivity (Wildman–Crippen MR) is 105 cm³/mol. The van der Waals surface area contributed by atoms with Crippen LogP contribution in [0.5, 0.6) is 0 Å². The number of aryl methyl sites for hydroxylation is 1. The van der Waals surface area contributed by atoms with Gasteiger partial charge in [0.25, 0.3) is 5.91 Å². The van der Waals surface area contributed by atoms with E-state index in [0.717, 1.165) is 21.7 Å². The van der Waals surface area contributed by atoms with Gasteiger partial charge in [-0.3, -0.25) is 4.79 Å². The van der Waals surface area contributed by atoms with Gasteiger partial charge in [0, 0.05) is 12.1 Å². The van der Waals surface area contributed by atoms with Gasteiger partial charge in [-0.2, -0.15) is 0 Å². The third-order valence-electron chi connectivity index (χ3n) is 4.05. The zero-order valence-electron chi connectivity index (χ0n) is 14.7. The molecule has 27 heavy (non-hydrogen) atoms. The number of hydrogen-bond acceptors (Lipinski definition) is 5. The van der Waals surface area contributed by atoms with Gasteiger partial charge in [0.1, 0.15) is 5.00 Å². The molecule has 0 saturated carbocycles. The summed E-state index contributed by atoms with van der Waals surface area (Å²) in [6, 6.07) is 21.4. The lowest BCUT2D eigenvalue weighted by Crippen LogP contribution is -2.22. The Hall–Kier alpha value is -3.32. The number of aromatic nitrogens is 4. The largest absolute Gasteiger partial charge is 0.347 e. The van der Waals surface area contributed by atoms with E-state index in [2.05, 4.69) is 20.7 Å². The number of benzene rings is 2. The third-order valence-corrected chi connectivity index (χ3v) is 5.25. The summed E-state index contributed by atoms with van der Waals surface area (Å²) in [6.45, 7) is 2.40. The molecule has 0 bridgehead atoms. The zero-order valence-corrected chi connectivity index (χ0v) is 15.5. The first-order chi connectivity index (χ1) is 13.2. The molecule has 0 saturated heterocycles. The van der Waals surface area contributed by atoms with E-state index in [4.69, 9.17) is 0 Å². The standard InChI is InChI=1S/C20H17N5OS/c1-14-12-17(25-23-19(22-24-25)16-10-6-3-7-11-16)27-18(14)20(26)21-13-15-8-4-2-5-9-15/h2-12H,13H2,1H3,(H,21,26). The minimum atomic E-state index is -0.101. The van der Waals surface area contributed by atoms with Crippen molar-refractivity contribution in [3.8, 4) is 16.4 Å². The topological polar surface area (TPSA) is 72.7 Å². The van der Waals surface area contributed by atoms with Crippen LogP contribution in [-0.4, -0.2) is 26.1 Å². The van der Waals surface area contributed by atoms with Gasteiger partial charge < -0.3 is 5.32 Å². The molecule has 0 radical (unpaired) electrons. The molecule has 1 amide bonds.